The van der Waals surface area contributed by atoms with Crippen molar-refractivity contribution in [1.82, 2.24) is 9.80 Å². The van der Waals surface area contributed by atoms with Crippen molar-refractivity contribution < 1.29 is 54.1 Å². The largest absolute Gasteiger partial charge is 0.459 e. The second kappa shape index (κ2) is 29.9. The maximum atomic E-state index is 14.8. The van der Waals surface area contributed by atoms with E-state index in [0.717, 1.165) is 36.2 Å². The van der Waals surface area contributed by atoms with Crippen LogP contribution in [0.25, 0.3) is 0 Å². The van der Waals surface area contributed by atoms with E-state index in [2.05, 4.69) is 0 Å². The number of rotatable bonds is 21. The summed E-state index contributed by atoms with van der Waals surface area (Å²) in [6, 6.07) is -1.15. The summed E-state index contributed by atoms with van der Waals surface area (Å²) in [5.41, 5.74) is -0.847. The van der Waals surface area contributed by atoms with E-state index < -0.39 is 103 Å². The molecule has 79 heavy (non-hydrogen) atoms. The van der Waals surface area contributed by atoms with Gasteiger partial charge in [0.15, 0.2) is 6.29 Å². The minimum atomic E-state index is -1.94. The van der Waals surface area contributed by atoms with Gasteiger partial charge in [-0.15, -0.1) is 0 Å². The minimum absolute atomic E-state index is 0.130. The Bertz CT molecular complexity index is 1790. The number of hydrogen-bond acceptors (Lipinski definition) is 12. The molecule has 1 amide bonds. The standard InChI is InChI=1S/C65H120N2O11P/c1-14-54-65(11,74)58(70)47(6)67(55(68)37-23-21-19-17-15-16-18-20-22-30-38-79(49-31-24-25-32-49,50-33-26-27-34-50)51-35-28-29-36-51)42-43(2)40-64(10,73)60(78-62-57(69)52(66(12)13)39-44(3)75-62)45(4)56(46(5)61(72)77-54)53-41-63(8,9)59(71)48(7)76-53/h43-54,56-60,62,69-71,73-74H,14-42H2,1-13H3/q+1/t43-,44-,45+,46-,47-,48+,52+,53?,54-,56+,57-,58-,59+,60-,62+,64-,65-/m1/s1. The molecule has 3 aliphatic heterocycles. The Morgan fingerprint density at radius 2 is 1.23 bits per heavy atom. The first-order valence-corrected chi connectivity index (χ1v) is 34.9. The summed E-state index contributed by atoms with van der Waals surface area (Å²) in [6.07, 6.45) is 25.3. The average Bonchev–Trinajstić information content (AvgIpc) is 4.27. The summed E-state index contributed by atoms with van der Waals surface area (Å²) in [4.78, 5) is 33.0. The highest BCUT2D eigenvalue weighted by Gasteiger charge is 2.59. The number of ether oxygens (including phenoxy) is 4. The number of carbonyl (C=O) groups excluding carboxylic acids is 2. The van der Waals surface area contributed by atoms with Gasteiger partial charge in [0.2, 0.25) is 5.91 Å². The van der Waals surface area contributed by atoms with Crippen molar-refractivity contribution in [2.75, 3.05) is 26.8 Å². The molecule has 0 spiro atoms. The number of carbonyl (C=O) groups is 2. The topological polar surface area (TPSA) is 179 Å². The predicted octanol–water partition coefficient (Wildman–Crippen LogP) is 11.8. The molecule has 3 saturated heterocycles. The Balaban J connectivity index is 1.12. The number of likely N-dealkylation sites (N-methyl/N-ethyl adjacent to an activating group) is 1. The molecule has 3 heterocycles. The van der Waals surface area contributed by atoms with Crippen molar-refractivity contribution in [1.29, 1.82) is 0 Å². The molecule has 3 aliphatic carbocycles. The van der Waals surface area contributed by atoms with E-state index >= 15 is 0 Å². The molecule has 0 aromatic heterocycles. The molecule has 1 unspecified atom stereocenters. The number of nitrogens with zero attached hydrogens (tertiary/aromatic N) is 2. The first-order chi connectivity index (χ1) is 37.3. The molecule has 0 radical (unpaired) electrons. The van der Waals surface area contributed by atoms with Gasteiger partial charge in [-0.3, -0.25) is 9.59 Å². The fourth-order valence-electron chi connectivity index (χ4n) is 17.3. The highest BCUT2D eigenvalue weighted by atomic mass is 31.2. The lowest BCUT2D eigenvalue weighted by molar-refractivity contribution is -0.301. The van der Waals surface area contributed by atoms with Crippen LogP contribution in [-0.2, 0) is 28.5 Å². The van der Waals surface area contributed by atoms with Crippen LogP contribution in [0.15, 0.2) is 0 Å². The third kappa shape index (κ3) is 16.5. The lowest BCUT2D eigenvalue weighted by Crippen LogP contribution is -2.60. The van der Waals surface area contributed by atoms with Crippen molar-refractivity contribution in [3.8, 4) is 0 Å². The van der Waals surface area contributed by atoms with E-state index in [1.807, 2.05) is 60.5 Å². The van der Waals surface area contributed by atoms with Gasteiger partial charge in [0.05, 0.1) is 71.2 Å². The maximum Gasteiger partial charge on any atom is 0.309 e. The number of amides is 1. The van der Waals surface area contributed by atoms with E-state index in [-0.39, 0.29) is 49.8 Å². The smallest absolute Gasteiger partial charge is 0.309 e. The van der Waals surface area contributed by atoms with Gasteiger partial charge in [0.25, 0.3) is 0 Å². The van der Waals surface area contributed by atoms with E-state index in [9.17, 15) is 35.1 Å². The molecule has 0 aromatic rings. The molecular formula is C65H120N2O11P+. The van der Waals surface area contributed by atoms with E-state index in [1.165, 1.54) is 84.0 Å². The van der Waals surface area contributed by atoms with E-state index in [0.29, 0.717) is 19.3 Å². The zero-order valence-electron chi connectivity index (χ0n) is 52.4. The van der Waals surface area contributed by atoms with Gasteiger partial charge in [-0.2, -0.15) is 0 Å². The Labute approximate surface area is 481 Å². The molecule has 6 aliphatic rings. The van der Waals surface area contributed by atoms with Crippen molar-refractivity contribution in [2.45, 2.75) is 345 Å². The second-order valence-electron chi connectivity index (χ2n) is 28.6. The van der Waals surface area contributed by atoms with Crippen LogP contribution in [0.3, 0.4) is 0 Å². The van der Waals surface area contributed by atoms with Gasteiger partial charge < -0.3 is 54.3 Å². The van der Waals surface area contributed by atoms with E-state index in [1.54, 1.807) is 77.3 Å². The summed E-state index contributed by atoms with van der Waals surface area (Å²) < 4.78 is 26.3. The lowest BCUT2D eigenvalue weighted by Gasteiger charge is -2.51. The Morgan fingerprint density at radius 3 is 1.72 bits per heavy atom. The number of cyclic esters (lactones) is 1. The van der Waals surface area contributed by atoms with Gasteiger partial charge in [0, 0.05) is 32.2 Å². The molecule has 3 saturated carbocycles. The second-order valence-corrected chi connectivity index (χ2v) is 33.3. The number of unbranched alkanes of at least 4 members (excludes halogenated alkanes) is 9. The molecule has 460 valence electrons. The molecular weight excluding hydrogens is 1020 g/mol. The van der Waals surface area contributed by atoms with Crippen LogP contribution in [0, 0.1) is 29.1 Å². The maximum absolute atomic E-state index is 14.8. The molecule has 0 aromatic carbocycles. The lowest BCUT2D eigenvalue weighted by atomic mass is 9.66. The average molecular weight is 1140 g/mol. The van der Waals surface area contributed by atoms with Crippen LogP contribution in [-0.4, -0.2) is 169 Å². The zero-order chi connectivity index (χ0) is 58.0. The summed E-state index contributed by atoms with van der Waals surface area (Å²) in [6.45, 7) is 20.4. The van der Waals surface area contributed by atoms with Crippen LogP contribution < -0.4 is 0 Å². The van der Waals surface area contributed by atoms with Gasteiger partial charge in [0.1, 0.15) is 23.9 Å². The molecule has 13 nitrogen and oxygen atoms in total. The molecule has 5 N–H and O–H groups in total. The third-order valence-electron chi connectivity index (χ3n) is 21.6. The summed E-state index contributed by atoms with van der Waals surface area (Å²) in [7, 11) is 2.92. The first-order valence-electron chi connectivity index (χ1n) is 32.8. The molecule has 17 atom stereocenters. The fraction of sp³-hybridized carbons (Fsp3) is 0.969. The first kappa shape index (κ1) is 67.1. The summed E-state index contributed by atoms with van der Waals surface area (Å²) in [5, 5.41) is 60.7. The van der Waals surface area contributed by atoms with Gasteiger partial charge in [-0.1, -0.05) is 86.5 Å². The number of aliphatic hydroxyl groups is 5. The summed E-state index contributed by atoms with van der Waals surface area (Å²) >= 11 is 0. The van der Waals surface area contributed by atoms with Crippen LogP contribution in [0.5, 0.6) is 0 Å². The van der Waals surface area contributed by atoms with Crippen molar-refractivity contribution in [3.05, 3.63) is 0 Å². The number of esters is 1. The van der Waals surface area contributed by atoms with Crippen molar-refractivity contribution in [3.63, 3.8) is 0 Å². The normalized spacial score (nSPS) is 39.3. The van der Waals surface area contributed by atoms with Gasteiger partial charge in [-0.05, 0) is 188 Å². The van der Waals surface area contributed by atoms with Crippen LogP contribution in [0.4, 0.5) is 0 Å². The Hall–Kier alpha value is -0.990. The molecule has 14 heteroatoms. The monoisotopic (exact) mass is 1140 g/mol. The zero-order valence-corrected chi connectivity index (χ0v) is 53.3. The van der Waals surface area contributed by atoms with Crippen molar-refractivity contribution in [2.24, 2.45) is 29.1 Å². The van der Waals surface area contributed by atoms with Crippen LogP contribution >= 0.6 is 7.26 Å². The van der Waals surface area contributed by atoms with E-state index in [4.69, 9.17) is 18.9 Å². The van der Waals surface area contributed by atoms with Crippen LogP contribution in [0.2, 0.25) is 0 Å². The highest BCUT2D eigenvalue weighted by molar-refractivity contribution is 7.77. The van der Waals surface area contributed by atoms with Crippen LogP contribution in [0.1, 0.15) is 250 Å². The van der Waals surface area contributed by atoms with Gasteiger partial charge in [-0.25, -0.2) is 0 Å². The summed E-state index contributed by atoms with van der Waals surface area (Å²) in [5.74, 6) is -3.24. The highest BCUT2D eigenvalue weighted by Crippen LogP contribution is 2.78. The molecule has 6 rings (SSSR count). The minimum Gasteiger partial charge on any atom is -0.459 e. The number of aliphatic hydroxyl groups excluding tert-OH is 3. The fourth-order valence-corrected chi connectivity index (χ4v) is 24.9. The van der Waals surface area contributed by atoms with Gasteiger partial charge >= 0.3 is 5.97 Å². The quantitative estimate of drug-likeness (QED) is 0.0418. The predicted molar refractivity (Wildman–Crippen MR) is 320 cm³/mol. The third-order valence-corrected chi connectivity index (χ3v) is 28.3. The molecule has 0 bridgehead atoms. The Kier molecular flexibility index (Phi) is 25.4. The SMILES string of the molecule is CC[C@H]1OC(=O)[C@H](C)[C@@H](C2CC(C)(C)[C@@H](O)[C@H](C)O2)[C@H](C)[C@@H](O[C@@H]2O[C@H](C)C[C@H](N(C)C)[C@H]2O)[C@](C)(O)C[C@@H](C)CN(C(=O)CCCCCCCCCCCC[P+](C2CCCC2)(C2CCCC2)C2CCCC2)[C@H](C)[C@@H](O)[C@]1(C)O. The Morgan fingerprint density at radius 1 is 0.722 bits per heavy atom. The van der Waals surface area contributed by atoms with Crippen molar-refractivity contribution >= 4 is 19.1 Å². The number of hydrogen-bond donors (Lipinski definition) is 5. The molecule has 6 fully saturated rings.